The van der Waals surface area contributed by atoms with Gasteiger partial charge in [0.15, 0.2) is 0 Å². The van der Waals surface area contributed by atoms with Crippen molar-refractivity contribution in [3.8, 4) is 0 Å². The number of anilines is 1. The Balaban J connectivity index is 1.76. The fraction of sp³-hybridized carbons (Fsp3) is 0.412. The molecular weight excluding hydrogens is 395 g/mol. The highest BCUT2D eigenvalue weighted by atomic mass is 32.1. The molecule has 1 fully saturated rings. The number of H-pyrrole nitrogens is 1. The zero-order chi connectivity index (χ0) is 20.5. The molecule has 0 saturated carbocycles. The van der Waals surface area contributed by atoms with E-state index in [4.69, 9.17) is 0 Å². The Morgan fingerprint density at radius 2 is 2.14 bits per heavy atom. The quantitative estimate of drug-likeness (QED) is 0.474. The number of carbonyl (C=O) groups is 1. The largest absolute Gasteiger partial charge is 0.391 e. The van der Waals surface area contributed by atoms with Gasteiger partial charge in [-0.2, -0.15) is 18.3 Å². The van der Waals surface area contributed by atoms with E-state index in [9.17, 15) is 22.8 Å². The van der Waals surface area contributed by atoms with E-state index in [0.29, 0.717) is 10.2 Å². The van der Waals surface area contributed by atoms with Crippen LogP contribution in [0.2, 0.25) is 0 Å². The van der Waals surface area contributed by atoms with Gasteiger partial charge in [-0.1, -0.05) is 0 Å². The summed E-state index contributed by atoms with van der Waals surface area (Å²) >= 11 is 1.25. The highest BCUT2D eigenvalue weighted by Crippen LogP contribution is 2.34. The zero-order valence-electron chi connectivity index (χ0n) is 15.0. The fourth-order valence-electron chi connectivity index (χ4n) is 3.04. The number of carbonyl (C=O) groups excluding carboxylic acids is 1. The number of aromatic amines is 1. The van der Waals surface area contributed by atoms with Crippen LogP contribution in [-0.4, -0.2) is 46.8 Å². The lowest BCUT2D eigenvalue weighted by atomic mass is 9.96. The van der Waals surface area contributed by atoms with Crippen molar-refractivity contribution in [1.29, 1.82) is 0 Å². The van der Waals surface area contributed by atoms with Gasteiger partial charge in [0, 0.05) is 31.6 Å². The third-order valence-electron chi connectivity index (χ3n) is 4.57. The number of nitrogens with zero attached hydrogens (tertiary/aromatic N) is 4. The number of hydrogen-bond acceptors (Lipinski definition) is 6. The number of fused-ring (bicyclic) bond motifs is 1. The van der Waals surface area contributed by atoms with Gasteiger partial charge in [-0.25, -0.2) is 9.99 Å². The Bertz CT molecular complexity index is 973. The molecule has 2 aromatic rings. The number of rotatable bonds is 4. The maximum atomic E-state index is 12.8. The summed E-state index contributed by atoms with van der Waals surface area (Å²) < 4.78 is 38.8. The predicted molar refractivity (Wildman–Crippen MR) is 101 cm³/mol. The second-order valence-electron chi connectivity index (χ2n) is 6.43. The molecule has 0 atom stereocenters. The zero-order valence-corrected chi connectivity index (χ0v) is 15.8. The number of likely N-dealkylation sites (tertiary alicyclic amines) is 1. The normalized spacial score (nSPS) is 16.4. The van der Waals surface area contributed by atoms with Crippen LogP contribution in [0, 0.1) is 5.92 Å². The minimum Gasteiger partial charge on any atom is -0.339 e. The van der Waals surface area contributed by atoms with Crippen LogP contribution in [0.25, 0.3) is 10.2 Å². The van der Waals surface area contributed by atoms with Crippen molar-refractivity contribution in [2.75, 3.05) is 18.1 Å². The van der Waals surface area contributed by atoms with E-state index < -0.39 is 18.0 Å². The van der Waals surface area contributed by atoms with Gasteiger partial charge in [-0.15, -0.1) is 11.3 Å². The highest BCUT2D eigenvalue weighted by molar-refractivity contribution is 7.17. The van der Waals surface area contributed by atoms with Crippen LogP contribution in [0.15, 0.2) is 33.1 Å². The average Bonchev–Trinajstić information content (AvgIpc) is 3.14. The number of alkyl halides is 3. The maximum Gasteiger partial charge on any atom is 0.391 e. The molecule has 3 heterocycles. The van der Waals surface area contributed by atoms with E-state index in [2.05, 4.69) is 21.8 Å². The molecule has 1 N–H and O–H groups in total. The van der Waals surface area contributed by atoms with E-state index >= 15 is 0 Å². The summed E-state index contributed by atoms with van der Waals surface area (Å²) in [6.45, 7) is 5.01. The Hall–Kier alpha value is -2.69. The van der Waals surface area contributed by atoms with Crippen molar-refractivity contribution in [2.24, 2.45) is 11.0 Å². The molecule has 3 rings (SSSR count). The molecule has 1 amide bonds. The monoisotopic (exact) mass is 413 g/mol. The number of amides is 1. The number of thiophene rings is 1. The molecule has 0 aliphatic carbocycles. The van der Waals surface area contributed by atoms with Crippen molar-refractivity contribution >= 4 is 40.1 Å². The van der Waals surface area contributed by atoms with Crippen molar-refractivity contribution in [3.05, 3.63) is 33.6 Å². The lowest BCUT2D eigenvalue weighted by Gasteiger charge is -2.33. The van der Waals surface area contributed by atoms with E-state index in [0.717, 1.165) is 5.01 Å². The lowest BCUT2D eigenvalue weighted by Crippen LogP contribution is -2.42. The first-order valence-electron chi connectivity index (χ1n) is 8.48. The first kappa shape index (κ1) is 20.1. The topological polar surface area (TPSA) is 81.7 Å². The summed E-state index contributed by atoms with van der Waals surface area (Å²) in [5.74, 6) is -1.68. The third kappa shape index (κ3) is 4.08. The van der Waals surface area contributed by atoms with E-state index in [1.165, 1.54) is 29.4 Å². The summed E-state index contributed by atoms with van der Waals surface area (Å²) in [5.41, 5.74) is 0.394. The van der Waals surface area contributed by atoms with Crippen LogP contribution in [0.3, 0.4) is 0 Å². The number of halogens is 3. The van der Waals surface area contributed by atoms with Gasteiger partial charge in [0.1, 0.15) is 4.70 Å². The molecule has 11 heteroatoms. The Morgan fingerprint density at radius 1 is 1.46 bits per heavy atom. The molecule has 0 spiro atoms. The van der Waals surface area contributed by atoms with E-state index in [-0.39, 0.29) is 43.0 Å². The van der Waals surface area contributed by atoms with Gasteiger partial charge in [0.05, 0.1) is 11.4 Å². The second-order valence-corrected chi connectivity index (χ2v) is 7.35. The predicted octanol–water partition coefficient (Wildman–Crippen LogP) is 3.11. The number of hydrazone groups is 1. The second kappa shape index (κ2) is 7.74. The van der Waals surface area contributed by atoms with Crippen LogP contribution < -0.4 is 10.6 Å². The molecular formula is C17H18F3N5O2S. The molecule has 0 bridgehead atoms. The number of piperidine rings is 1. The molecule has 28 heavy (non-hydrogen) atoms. The lowest BCUT2D eigenvalue weighted by molar-refractivity contribution is -0.186. The molecule has 150 valence electrons. The van der Waals surface area contributed by atoms with Crippen molar-refractivity contribution in [3.63, 3.8) is 0 Å². The van der Waals surface area contributed by atoms with Gasteiger partial charge in [0.2, 0.25) is 5.95 Å². The van der Waals surface area contributed by atoms with Crippen LogP contribution in [0.4, 0.5) is 19.1 Å². The summed E-state index contributed by atoms with van der Waals surface area (Å²) in [6.07, 6.45) is -3.12. The minimum atomic E-state index is -4.23. The average molecular weight is 413 g/mol. The Kier molecular flexibility index (Phi) is 5.54. The van der Waals surface area contributed by atoms with E-state index in [1.807, 2.05) is 0 Å². The Labute approximate surface area is 162 Å². The molecule has 1 aliphatic heterocycles. The summed E-state index contributed by atoms with van der Waals surface area (Å²) in [4.78, 5) is 32.9. The first-order valence-corrected chi connectivity index (χ1v) is 9.36. The summed E-state index contributed by atoms with van der Waals surface area (Å²) in [7, 11) is 0. The third-order valence-corrected chi connectivity index (χ3v) is 5.47. The molecule has 0 radical (unpaired) electrons. The number of aromatic nitrogens is 2. The number of nitrogens with one attached hydrogen (secondary N) is 1. The fourth-order valence-corrected chi connectivity index (χ4v) is 3.76. The van der Waals surface area contributed by atoms with Crippen LogP contribution in [0.5, 0.6) is 0 Å². The van der Waals surface area contributed by atoms with Crippen molar-refractivity contribution in [2.45, 2.75) is 25.9 Å². The molecule has 2 aromatic heterocycles. The summed E-state index contributed by atoms with van der Waals surface area (Å²) in [6, 6.07) is 1.69. The first-order chi connectivity index (χ1) is 13.2. The standard InChI is InChI=1S/C17H18F3N5O2S/c1-10(15(27)24-6-3-11(4-7-24)17(18,19)20)9-25(21-2)16-22-12-5-8-28-13(12)14(26)23-16/h5,8-9,11H,2-4,6-7H2,1H3,(H,22,23,26)/b10-9+. The minimum absolute atomic E-state index is 0.0334. The maximum absolute atomic E-state index is 12.8. The molecule has 1 saturated heterocycles. The van der Waals surface area contributed by atoms with E-state index in [1.54, 1.807) is 11.4 Å². The number of hydrogen-bond donors (Lipinski definition) is 1. The van der Waals surface area contributed by atoms with Gasteiger partial charge in [0.25, 0.3) is 11.5 Å². The SMILES string of the molecule is C=NN(/C=C(\C)C(=O)N1CCC(C(F)(F)F)CC1)c1nc2ccsc2c(=O)[nH]1. The highest BCUT2D eigenvalue weighted by Gasteiger charge is 2.41. The molecule has 7 nitrogen and oxygen atoms in total. The van der Waals surface area contributed by atoms with Crippen LogP contribution in [-0.2, 0) is 4.79 Å². The van der Waals surface area contributed by atoms with Gasteiger partial charge in [-0.05, 0) is 31.2 Å². The van der Waals surface area contributed by atoms with Crippen molar-refractivity contribution in [1.82, 2.24) is 14.9 Å². The van der Waals surface area contributed by atoms with Crippen LogP contribution >= 0.6 is 11.3 Å². The van der Waals surface area contributed by atoms with Gasteiger partial charge in [-0.3, -0.25) is 14.6 Å². The smallest absolute Gasteiger partial charge is 0.339 e. The van der Waals surface area contributed by atoms with Crippen LogP contribution in [0.1, 0.15) is 19.8 Å². The molecule has 1 aliphatic rings. The van der Waals surface area contributed by atoms with Gasteiger partial charge >= 0.3 is 6.18 Å². The summed E-state index contributed by atoms with van der Waals surface area (Å²) in [5, 5.41) is 6.66. The molecule has 0 unspecified atom stereocenters. The Morgan fingerprint density at radius 3 is 2.75 bits per heavy atom. The van der Waals surface area contributed by atoms with Gasteiger partial charge < -0.3 is 4.90 Å². The van der Waals surface area contributed by atoms with Crippen molar-refractivity contribution < 1.29 is 18.0 Å². The molecule has 0 aromatic carbocycles.